The fourth-order valence-electron chi connectivity index (χ4n) is 3.02. The molecule has 1 saturated heterocycles. The molecule has 3 N–H and O–H groups in total. The number of thiophene rings is 1. The third kappa shape index (κ3) is 5.08. The van der Waals surface area contributed by atoms with E-state index in [0.717, 1.165) is 36.4 Å². The Kier molecular flexibility index (Phi) is 6.84. The summed E-state index contributed by atoms with van der Waals surface area (Å²) < 4.78 is 5.78. The molecule has 1 fully saturated rings. The van der Waals surface area contributed by atoms with Gasteiger partial charge in [0.05, 0.1) is 0 Å². The van der Waals surface area contributed by atoms with Crippen LogP contribution in [-0.4, -0.2) is 49.5 Å². The van der Waals surface area contributed by atoms with Crippen molar-refractivity contribution < 1.29 is 14.3 Å². The zero-order valence-corrected chi connectivity index (χ0v) is 16.1. The first-order chi connectivity index (χ1) is 13.2. The fourth-order valence-corrected chi connectivity index (χ4v) is 4.05. The second-order valence-corrected chi connectivity index (χ2v) is 7.50. The van der Waals surface area contributed by atoms with Gasteiger partial charge in [-0.15, -0.1) is 11.3 Å². The third-order valence-electron chi connectivity index (χ3n) is 4.45. The van der Waals surface area contributed by atoms with Gasteiger partial charge in [-0.25, -0.2) is 0 Å². The molecule has 0 aliphatic carbocycles. The smallest absolute Gasteiger partial charge is 0.265 e. The standard InChI is InChI=1S/C20H25N3O3S/c21-9-10-22-20(25)19-16(13-17(27-19)15-7-3-1-4-8-15)26-14-18(24)23-11-5-2-6-12-23/h1,3-4,7-8,13H,2,5-6,9-12,14,21H2,(H,22,25). The Bertz CT molecular complexity index is 770. The quantitative estimate of drug-likeness (QED) is 0.764. The van der Waals surface area contributed by atoms with Gasteiger partial charge in [0, 0.05) is 31.1 Å². The van der Waals surface area contributed by atoms with Crippen LogP contribution in [0.15, 0.2) is 36.4 Å². The first-order valence-corrected chi connectivity index (χ1v) is 10.1. The molecule has 0 spiro atoms. The van der Waals surface area contributed by atoms with Gasteiger partial charge >= 0.3 is 0 Å². The number of carbonyl (C=O) groups is 2. The lowest BCUT2D eigenvalue weighted by Crippen LogP contribution is -2.38. The van der Waals surface area contributed by atoms with E-state index in [1.807, 2.05) is 41.3 Å². The van der Waals surface area contributed by atoms with Crippen molar-refractivity contribution in [3.8, 4) is 16.2 Å². The summed E-state index contributed by atoms with van der Waals surface area (Å²) in [6, 6.07) is 11.6. The number of rotatable bonds is 7. The molecule has 0 atom stereocenters. The van der Waals surface area contributed by atoms with Crippen LogP contribution in [-0.2, 0) is 4.79 Å². The highest BCUT2D eigenvalue weighted by molar-refractivity contribution is 7.17. The summed E-state index contributed by atoms with van der Waals surface area (Å²) in [4.78, 5) is 28.1. The highest BCUT2D eigenvalue weighted by Crippen LogP contribution is 2.36. The monoisotopic (exact) mass is 387 g/mol. The number of benzene rings is 1. The molecular formula is C20H25N3O3S. The molecule has 0 unspecified atom stereocenters. The minimum absolute atomic E-state index is 0.0320. The largest absolute Gasteiger partial charge is 0.482 e. The Balaban J connectivity index is 1.75. The maximum atomic E-state index is 12.5. The fraction of sp³-hybridized carbons (Fsp3) is 0.400. The highest BCUT2D eigenvalue weighted by Gasteiger charge is 2.21. The first kappa shape index (κ1) is 19.4. The number of likely N-dealkylation sites (tertiary alicyclic amines) is 1. The molecule has 1 aliphatic rings. The number of piperidine rings is 1. The Labute approximate surface area is 163 Å². The van der Waals surface area contributed by atoms with Gasteiger partial charge in [0.1, 0.15) is 10.6 Å². The minimum Gasteiger partial charge on any atom is -0.482 e. The van der Waals surface area contributed by atoms with Gasteiger partial charge < -0.3 is 20.7 Å². The number of carbonyl (C=O) groups excluding carboxylic acids is 2. The van der Waals surface area contributed by atoms with E-state index in [2.05, 4.69) is 5.32 Å². The molecule has 144 valence electrons. The Morgan fingerprint density at radius 3 is 2.59 bits per heavy atom. The molecular weight excluding hydrogens is 362 g/mol. The lowest BCUT2D eigenvalue weighted by atomic mass is 10.1. The van der Waals surface area contributed by atoms with Crippen molar-refractivity contribution >= 4 is 23.2 Å². The zero-order chi connectivity index (χ0) is 19.1. The summed E-state index contributed by atoms with van der Waals surface area (Å²) in [5.74, 6) is 0.183. The number of ether oxygens (including phenoxy) is 1. The summed E-state index contributed by atoms with van der Waals surface area (Å²) in [6.45, 7) is 2.27. The number of nitrogens with one attached hydrogen (secondary N) is 1. The molecule has 3 rings (SSSR count). The van der Waals surface area contributed by atoms with E-state index in [1.54, 1.807) is 0 Å². The van der Waals surface area contributed by atoms with Crippen LogP contribution >= 0.6 is 11.3 Å². The average molecular weight is 388 g/mol. The predicted molar refractivity (Wildman–Crippen MR) is 107 cm³/mol. The summed E-state index contributed by atoms with van der Waals surface area (Å²) in [5, 5.41) is 2.78. The summed E-state index contributed by atoms with van der Waals surface area (Å²) in [7, 11) is 0. The van der Waals surface area contributed by atoms with Crippen LogP contribution in [0.3, 0.4) is 0 Å². The number of hydrogen-bond donors (Lipinski definition) is 2. The van der Waals surface area contributed by atoms with Crippen LogP contribution < -0.4 is 15.8 Å². The van der Waals surface area contributed by atoms with Crippen molar-refractivity contribution in [1.29, 1.82) is 0 Å². The second kappa shape index (κ2) is 9.53. The van der Waals surface area contributed by atoms with Crippen LogP contribution in [0.2, 0.25) is 0 Å². The van der Waals surface area contributed by atoms with Crippen LogP contribution in [0, 0.1) is 0 Å². The number of amides is 2. The summed E-state index contributed by atoms with van der Waals surface area (Å²) >= 11 is 1.36. The zero-order valence-electron chi connectivity index (χ0n) is 15.3. The second-order valence-electron chi connectivity index (χ2n) is 6.44. The Hall–Kier alpha value is -2.38. The van der Waals surface area contributed by atoms with Crippen LogP contribution in [0.4, 0.5) is 0 Å². The molecule has 7 heteroatoms. The lowest BCUT2D eigenvalue weighted by Gasteiger charge is -2.26. The maximum absolute atomic E-state index is 12.5. The topological polar surface area (TPSA) is 84.7 Å². The van der Waals surface area contributed by atoms with E-state index in [-0.39, 0.29) is 18.4 Å². The van der Waals surface area contributed by atoms with Crippen molar-refractivity contribution in [2.24, 2.45) is 5.73 Å². The van der Waals surface area contributed by atoms with E-state index >= 15 is 0 Å². The van der Waals surface area contributed by atoms with E-state index in [1.165, 1.54) is 17.8 Å². The molecule has 27 heavy (non-hydrogen) atoms. The molecule has 6 nitrogen and oxygen atoms in total. The summed E-state index contributed by atoms with van der Waals surface area (Å²) in [5.41, 5.74) is 6.48. The average Bonchev–Trinajstić information content (AvgIpc) is 3.16. The van der Waals surface area contributed by atoms with Gasteiger partial charge in [-0.1, -0.05) is 30.3 Å². The normalized spacial score (nSPS) is 14.0. The third-order valence-corrected chi connectivity index (χ3v) is 5.62. The first-order valence-electron chi connectivity index (χ1n) is 9.27. The maximum Gasteiger partial charge on any atom is 0.265 e. The van der Waals surface area contributed by atoms with E-state index in [4.69, 9.17) is 10.5 Å². The Morgan fingerprint density at radius 1 is 1.15 bits per heavy atom. The summed E-state index contributed by atoms with van der Waals surface area (Å²) in [6.07, 6.45) is 3.24. The van der Waals surface area contributed by atoms with Gasteiger partial charge in [0.2, 0.25) is 0 Å². The number of nitrogens with zero attached hydrogens (tertiary/aromatic N) is 1. The molecule has 1 aromatic carbocycles. The van der Waals surface area contributed by atoms with Crippen LogP contribution in [0.5, 0.6) is 5.75 Å². The molecule has 0 radical (unpaired) electrons. The van der Waals surface area contributed by atoms with Crippen LogP contribution in [0.1, 0.15) is 28.9 Å². The van der Waals surface area contributed by atoms with E-state index < -0.39 is 0 Å². The van der Waals surface area contributed by atoms with Crippen molar-refractivity contribution in [3.05, 3.63) is 41.3 Å². The van der Waals surface area contributed by atoms with Gasteiger partial charge in [-0.3, -0.25) is 9.59 Å². The molecule has 2 aromatic rings. The van der Waals surface area contributed by atoms with Crippen molar-refractivity contribution in [1.82, 2.24) is 10.2 Å². The van der Waals surface area contributed by atoms with Crippen LogP contribution in [0.25, 0.3) is 10.4 Å². The van der Waals surface area contributed by atoms with Gasteiger partial charge in [-0.2, -0.15) is 0 Å². The molecule has 2 amide bonds. The highest BCUT2D eigenvalue weighted by atomic mass is 32.1. The number of nitrogens with two attached hydrogens (primary N) is 1. The lowest BCUT2D eigenvalue weighted by molar-refractivity contribution is -0.134. The van der Waals surface area contributed by atoms with Gasteiger partial charge in [0.15, 0.2) is 6.61 Å². The van der Waals surface area contributed by atoms with Crippen molar-refractivity contribution in [2.75, 3.05) is 32.8 Å². The predicted octanol–water partition coefficient (Wildman–Crippen LogP) is 2.49. The SMILES string of the molecule is NCCNC(=O)c1sc(-c2ccccc2)cc1OCC(=O)N1CCCCC1. The molecule has 1 aromatic heterocycles. The minimum atomic E-state index is -0.229. The Morgan fingerprint density at radius 2 is 1.89 bits per heavy atom. The molecule has 2 heterocycles. The van der Waals surface area contributed by atoms with Crippen molar-refractivity contribution in [3.63, 3.8) is 0 Å². The van der Waals surface area contributed by atoms with E-state index in [9.17, 15) is 9.59 Å². The molecule has 1 aliphatic heterocycles. The molecule has 0 bridgehead atoms. The van der Waals surface area contributed by atoms with E-state index in [0.29, 0.717) is 23.7 Å². The molecule has 0 saturated carbocycles. The van der Waals surface area contributed by atoms with Gasteiger partial charge in [-0.05, 0) is 30.9 Å². The van der Waals surface area contributed by atoms with Gasteiger partial charge in [0.25, 0.3) is 11.8 Å². The number of hydrogen-bond acceptors (Lipinski definition) is 5. The van der Waals surface area contributed by atoms with Crippen molar-refractivity contribution in [2.45, 2.75) is 19.3 Å².